The summed E-state index contributed by atoms with van der Waals surface area (Å²) in [5, 5.41) is 9.26. The molecule has 0 fully saturated rings. The Balaban J connectivity index is 2.38. The van der Waals surface area contributed by atoms with Gasteiger partial charge in [0.25, 0.3) is 0 Å². The molecule has 1 rings (SSSR count). The molecule has 0 saturated heterocycles. The fourth-order valence-electron chi connectivity index (χ4n) is 2.48. The summed E-state index contributed by atoms with van der Waals surface area (Å²) < 4.78 is 13.7. The predicted octanol–water partition coefficient (Wildman–Crippen LogP) is 5.13. The molecule has 3 heteroatoms. The molecular formula is C17H25FO2. The van der Waals surface area contributed by atoms with E-state index in [1.165, 1.54) is 31.7 Å². The largest absolute Gasteiger partial charge is 0.481 e. The second-order valence-electron chi connectivity index (χ2n) is 5.32. The van der Waals surface area contributed by atoms with Crippen LogP contribution in [0.1, 0.15) is 69.8 Å². The molecule has 0 amide bonds. The number of carbonyl (C=O) groups is 1. The van der Waals surface area contributed by atoms with Crippen molar-refractivity contribution in [3.05, 3.63) is 35.6 Å². The third-order valence-corrected chi connectivity index (χ3v) is 3.68. The molecule has 0 heterocycles. The smallest absolute Gasteiger partial charge is 0.311 e. The van der Waals surface area contributed by atoms with Crippen LogP contribution in [0.4, 0.5) is 4.39 Å². The van der Waals surface area contributed by atoms with Crippen LogP contribution >= 0.6 is 0 Å². The SMILES string of the molecule is CCCCCCCCCC(C(=O)O)c1ccccc1F. The van der Waals surface area contributed by atoms with Crippen LogP contribution in [0.3, 0.4) is 0 Å². The van der Waals surface area contributed by atoms with E-state index in [1.807, 2.05) is 0 Å². The Hall–Kier alpha value is -1.38. The number of aliphatic carboxylic acids is 1. The highest BCUT2D eigenvalue weighted by molar-refractivity contribution is 5.76. The van der Waals surface area contributed by atoms with E-state index < -0.39 is 17.7 Å². The maximum absolute atomic E-state index is 13.7. The standard InChI is InChI=1S/C17H25FO2/c1-2-3-4-5-6-7-8-12-15(17(19)20)14-11-9-10-13-16(14)18/h9-11,13,15H,2-8,12H2,1H3,(H,19,20). The third kappa shape index (κ3) is 5.72. The summed E-state index contributed by atoms with van der Waals surface area (Å²) in [5.74, 6) is -2.06. The predicted molar refractivity (Wildman–Crippen MR) is 79.4 cm³/mol. The van der Waals surface area contributed by atoms with Gasteiger partial charge in [-0.05, 0) is 12.5 Å². The molecule has 0 aliphatic heterocycles. The van der Waals surface area contributed by atoms with E-state index in [0.29, 0.717) is 12.0 Å². The molecule has 1 N–H and O–H groups in total. The van der Waals surface area contributed by atoms with Gasteiger partial charge in [0.05, 0.1) is 5.92 Å². The number of hydrogen-bond acceptors (Lipinski definition) is 1. The first-order chi connectivity index (χ1) is 9.66. The minimum Gasteiger partial charge on any atom is -0.481 e. The number of rotatable bonds is 10. The van der Waals surface area contributed by atoms with E-state index in [2.05, 4.69) is 6.92 Å². The van der Waals surface area contributed by atoms with E-state index in [-0.39, 0.29) is 0 Å². The minimum atomic E-state index is -0.930. The second kappa shape index (κ2) is 9.51. The maximum atomic E-state index is 13.7. The monoisotopic (exact) mass is 280 g/mol. The average Bonchev–Trinajstić information content (AvgIpc) is 2.43. The number of carboxylic acids is 1. The molecule has 0 aromatic heterocycles. The lowest BCUT2D eigenvalue weighted by atomic mass is 9.92. The van der Waals surface area contributed by atoms with Gasteiger partial charge >= 0.3 is 5.97 Å². The van der Waals surface area contributed by atoms with Crippen molar-refractivity contribution in [2.45, 2.75) is 64.2 Å². The topological polar surface area (TPSA) is 37.3 Å². The summed E-state index contributed by atoms with van der Waals surface area (Å²) in [5.41, 5.74) is 0.311. The highest BCUT2D eigenvalue weighted by atomic mass is 19.1. The van der Waals surface area contributed by atoms with Crippen molar-refractivity contribution in [2.24, 2.45) is 0 Å². The molecule has 1 aromatic rings. The fraction of sp³-hybridized carbons (Fsp3) is 0.588. The molecule has 1 atom stereocenters. The van der Waals surface area contributed by atoms with Gasteiger partial charge in [0.2, 0.25) is 0 Å². The molecule has 112 valence electrons. The van der Waals surface area contributed by atoms with Crippen molar-refractivity contribution in [1.29, 1.82) is 0 Å². The van der Waals surface area contributed by atoms with Crippen molar-refractivity contribution in [3.63, 3.8) is 0 Å². The highest BCUT2D eigenvalue weighted by Crippen LogP contribution is 2.25. The number of unbranched alkanes of at least 4 members (excludes halogenated alkanes) is 6. The molecule has 0 spiro atoms. The van der Waals surface area contributed by atoms with Gasteiger partial charge in [-0.25, -0.2) is 4.39 Å². The quantitative estimate of drug-likeness (QED) is 0.603. The summed E-state index contributed by atoms with van der Waals surface area (Å²) in [6, 6.07) is 6.19. The van der Waals surface area contributed by atoms with Crippen LogP contribution in [0.5, 0.6) is 0 Å². The first kappa shape index (κ1) is 16.7. The van der Waals surface area contributed by atoms with E-state index in [1.54, 1.807) is 18.2 Å². The normalized spacial score (nSPS) is 12.3. The zero-order chi connectivity index (χ0) is 14.8. The van der Waals surface area contributed by atoms with Crippen molar-refractivity contribution < 1.29 is 14.3 Å². The molecule has 0 saturated carbocycles. The van der Waals surface area contributed by atoms with E-state index in [0.717, 1.165) is 19.3 Å². The maximum Gasteiger partial charge on any atom is 0.311 e. The summed E-state index contributed by atoms with van der Waals surface area (Å²) in [7, 11) is 0. The summed E-state index contributed by atoms with van der Waals surface area (Å²) in [6.07, 6.45) is 8.51. The molecule has 0 aliphatic rings. The van der Waals surface area contributed by atoms with Crippen LogP contribution in [0, 0.1) is 5.82 Å². The van der Waals surface area contributed by atoms with Gasteiger partial charge in [0, 0.05) is 5.56 Å². The van der Waals surface area contributed by atoms with Crippen molar-refractivity contribution in [2.75, 3.05) is 0 Å². The zero-order valence-electron chi connectivity index (χ0n) is 12.3. The van der Waals surface area contributed by atoms with Crippen LogP contribution in [0.2, 0.25) is 0 Å². The lowest BCUT2D eigenvalue weighted by molar-refractivity contribution is -0.139. The molecule has 2 nitrogen and oxygen atoms in total. The van der Waals surface area contributed by atoms with Gasteiger partial charge in [0.1, 0.15) is 5.82 Å². The van der Waals surface area contributed by atoms with Crippen molar-refractivity contribution in [1.82, 2.24) is 0 Å². The molecule has 0 radical (unpaired) electrons. The lowest BCUT2D eigenvalue weighted by Gasteiger charge is -2.13. The first-order valence-electron chi connectivity index (χ1n) is 7.64. The lowest BCUT2D eigenvalue weighted by Crippen LogP contribution is -2.13. The van der Waals surface area contributed by atoms with Gasteiger partial charge < -0.3 is 5.11 Å². The molecule has 0 aliphatic carbocycles. The van der Waals surface area contributed by atoms with Gasteiger partial charge in [-0.1, -0.05) is 70.1 Å². The molecule has 1 aromatic carbocycles. The third-order valence-electron chi connectivity index (χ3n) is 3.68. The van der Waals surface area contributed by atoms with Crippen LogP contribution < -0.4 is 0 Å². The highest BCUT2D eigenvalue weighted by Gasteiger charge is 2.22. The fourth-order valence-corrected chi connectivity index (χ4v) is 2.48. The van der Waals surface area contributed by atoms with Gasteiger partial charge in [-0.3, -0.25) is 4.79 Å². The number of halogens is 1. The van der Waals surface area contributed by atoms with Crippen LogP contribution in [-0.2, 0) is 4.79 Å². The Kier molecular flexibility index (Phi) is 7.93. The molecule has 20 heavy (non-hydrogen) atoms. The number of benzene rings is 1. The first-order valence-corrected chi connectivity index (χ1v) is 7.64. The van der Waals surface area contributed by atoms with Crippen LogP contribution in [0.15, 0.2) is 24.3 Å². The number of carboxylic acid groups (broad SMARTS) is 1. The Labute approximate surface area is 121 Å². The van der Waals surface area contributed by atoms with Gasteiger partial charge in [-0.15, -0.1) is 0 Å². The summed E-state index contributed by atoms with van der Waals surface area (Å²) in [6.45, 7) is 2.19. The summed E-state index contributed by atoms with van der Waals surface area (Å²) in [4.78, 5) is 11.3. The van der Waals surface area contributed by atoms with Crippen LogP contribution in [-0.4, -0.2) is 11.1 Å². The molecular weight excluding hydrogens is 255 g/mol. The molecule has 0 bridgehead atoms. The van der Waals surface area contributed by atoms with Crippen molar-refractivity contribution in [3.8, 4) is 0 Å². The Morgan fingerprint density at radius 3 is 2.30 bits per heavy atom. The zero-order valence-corrected chi connectivity index (χ0v) is 12.3. The van der Waals surface area contributed by atoms with E-state index in [4.69, 9.17) is 0 Å². The van der Waals surface area contributed by atoms with E-state index >= 15 is 0 Å². The van der Waals surface area contributed by atoms with Crippen molar-refractivity contribution >= 4 is 5.97 Å². The average molecular weight is 280 g/mol. The summed E-state index contributed by atoms with van der Waals surface area (Å²) >= 11 is 0. The van der Waals surface area contributed by atoms with E-state index in [9.17, 15) is 14.3 Å². The van der Waals surface area contributed by atoms with Gasteiger partial charge in [-0.2, -0.15) is 0 Å². The van der Waals surface area contributed by atoms with Gasteiger partial charge in [0.15, 0.2) is 0 Å². The Morgan fingerprint density at radius 1 is 1.10 bits per heavy atom. The number of hydrogen-bond donors (Lipinski definition) is 1. The second-order valence-corrected chi connectivity index (χ2v) is 5.32. The Bertz CT molecular complexity index is 404. The molecule has 1 unspecified atom stereocenters. The van der Waals surface area contributed by atoms with Crippen LogP contribution in [0.25, 0.3) is 0 Å². The Morgan fingerprint density at radius 2 is 1.70 bits per heavy atom. The minimum absolute atomic E-state index is 0.311.